The smallest absolute Gasteiger partial charge is 0.462 e. The molecule has 0 saturated heterocycles. The molecule has 12 nitrogen and oxygen atoms in total. The zero-order chi connectivity index (χ0) is 45.2. The largest absolute Gasteiger partial charge is 0.472 e. The molecule has 0 radical (unpaired) electrons. The predicted molar refractivity (Wildman–Crippen MR) is 245 cm³/mol. The molecule has 0 saturated carbocycles. The number of carbonyl (C=O) groups excluding carboxylic acids is 2. The van der Waals surface area contributed by atoms with Crippen LogP contribution in [0.25, 0.3) is 0 Å². The number of aliphatic hydroxyl groups excluding tert-OH is 4. The van der Waals surface area contributed by atoms with Crippen LogP contribution in [-0.2, 0) is 32.7 Å². The molecular weight excluding hydrogens is 799 g/mol. The van der Waals surface area contributed by atoms with Gasteiger partial charge in [0.25, 0.3) is 0 Å². The molecule has 0 fully saturated rings. The van der Waals surface area contributed by atoms with E-state index in [0.717, 1.165) is 44.4 Å². The molecule has 356 valence electrons. The highest BCUT2D eigenvalue weighted by atomic mass is 31.2. The molecule has 0 heterocycles. The van der Waals surface area contributed by atoms with Gasteiger partial charge in [0.05, 0.1) is 32.0 Å². The molecule has 0 aromatic heterocycles. The third-order valence-electron chi connectivity index (χ3n) is 10.1. The van der Waals surface area contributed by atoms with Crippen molar-refractivity contribution < 1.29 is 58.0 Å². The number of phosphoric ester groups is 1. The summed E-state index contributed by atoms with van der Waals surface area (Å²) in [6.07, 6.45) is 36.8. The second kappa shape index (κ2) is 41.8. The first-order valence-corrected chi connectivity index (χ1v) is 25.1. The molecule has 0 aliphatic carbocycles. The number of allylic oxidation sites excluding steroid dienone is 7. The van der Waals surface area contributed by atoms with Gasteiger partial charge in [0.1, 0.15) is 12.7 Å². The van der Waals surface area contributed by atoms with Gasteiger partial charge in [0.15, 0.2) is 6.10 Å². The molecular formula is C48H87O12P. The van der Waals surface area contributed by atoms with Crippen molar-refractivity contribution in [3.63, 3.8) is 0 Å². The molecule has 0 aliphatic rings. The van der Waals surface area contributed by atoms with Crippen LogP contribution >= 0.6 is 7.82 Å². The van der Waals surface area contributed by atoms with E-state index < -0.39 is 70.6 Å². The van der Waals surface area contributed by atoms with Crippen molar-refractivity contribution >= 4 is 19.8 Å². The number of unbranched alkanes of at least 4 members (excludes halogenated alkanes) is 15. The molecule has 5 atom stereocenters. The van der Waals surface area contributed by atoms with Crippen molar-refractivity contribution in [2.24, 2.45) is 5.92 Å². The number of carbonyl (C=O) groups is 2. The van der Waals surface area contributed by atoms with E-state index >= 15 is 0 Å². The summed E-state index contributed by atoms with van der Waals surface area (Å²) >= 11 is 0. The van der Waals surface area contributed by atoms with Gasteiger partial charge < -0.3 is 34.8 Å². The highest BCUT2D eigenvalue weighted by Crippen LogP contribution is 2.43. The molecule has 13 heteroatoms. The molecule has 0 spiro atoms. The first-order valence-electron chi connectivity index (χ1n) is 23.6. The highest BCUT2D eigenvalue weighted by molar-refractivity contribution is 7.47. The van der Waals surface area contributed by atoms with Crippen molar-refractivity contribution in [3.8, 4) is 0 Å². The van der Waals surface area contributed by atoms with Crippen LogP contribution in [0.5, 0.6) is 0 Å². The predicted octanol–water partition coefficient (Wildman–Crippen LogP) is 10.7. The molecule has 0 bridgehead atoms. The Morgan fingerprint density at radius 1 is 0.557 bits per heavy atom. The third kappa shape index (κ3) is 41.6. The van der Waals surface area contributed by atoms with E-state index in [1.54, 1.807) is 0 Å². The number of ether oxygens (including phenoxy) is 2. The van der Waals surface area contributed by atoms with Gasteiger partial charge in [0.2, 0.25) is 0 Å². The molecule has 1 unspecified atom stereocenters. The van der Waals surface area contributed by atoms with Crippen LogP contribution in [0, 0.1) is 5.92 Å². The Bertz CT molecular complexity index is 1200. The quantitative estimate of drug-likeness (QED) is 0.0169. The van der Waals surface area contributed by atoms with Crippen molar-refractivity contribution in [2.75, 3.05) is 26.4 Å². The van der Waals surface area contributed by atoms with E-state index in [9.17, 15) is 34.4 Å². The molecule has 61 heavy (non-hydrogen) atoms. The lowest BCUT2D eigenvalue weighted by Crippen LogP contribution is -2.30. The Kier molecular flexibility index (Phi) is 40.4. The molecule has 5 N–H and O–H groups in total. The lowest BCUT2D eigenvalue weighted by atomic mass is 10.0. The van der Waals surface area contributed by atoms with Gasteiger partial charge in [-0.2, -0.15) is 0 Å². The first kappa shape index (κ1) is 58.9. The topological polar surface area (TPSA) is 189 Å². The Balaban J connectivity index is 4.44. The molecule has 0 aliphatic heterocycles. The number of esters is 2. The van der Waals surface area contributed by atoms with Gasteiger partial charge in [-0.05, 0) is 57.3 Å². The Morgan fingerprint density at radius 3 is 1.52 bits per heavy atom. The highest BCUT2D eigenvalue weighted by Gasteiger charge is 2.27. The Morgan fingerprint density at radius 2 is 1.02 bits per heavy atom. The van der Waals surface area contributed by atoms with Crippen molar-refractivity contribution in [2.45, 2.75) is 212 Å². The lowest BCUT2D eigenvalue weighted by Gasteiger charge is -2.20. The van der Waals surface area contributed by atoms with Crippen molar-refractivity contribution in [1.82, 2.24) is 0 Å². The normalized spacial score (nSPS) is 15.3. The summed E-state index contributed by atoms with van der Waals surface area (Å²) in [7, 11) is -4.69. The average Bonchev–Trinajstić information content (AvgIpc) is 3.23. The minimum absolute atomic E-state index is 0.0746. The van der Waals surface area contributed by atoms with E-state index in [1.165, 1.54) is 83.5 Å². The maximum atomic E-state index is 12.7. The fourth-order valence-corrected chi connectivity index (χ4v) is 7.17. The molecule has 0 aromatic carbocycles. The number of phosphoric acid groups is 1. The standard InChI is InChI=1S/C48H87O12P/c1-4-5-6-7-8-9-10-18-21-24-27-30-34-45(51)46(52)35-32-37-47(53)57-40-44(41-59-61(55,56)58-39-43(50)38-49)60-48(54)36-31-28-25-22-19-16-14-12-11-13-15-17-20-23-26-29-33-42(2)3/h5-6,8-9,18,21,27,30,42-46,49-52H,4,7,10-17,19-20,22-26,28-29,31-41H2,1-3H3,(H,55,56)/b6-5-,9-8-,21-18-,30-27-/t43-,44+,45-,46-/m0/s1. The van der Waals surface area contributed by atoms with Crippen LogP contribution in [0.1, 0.15) is 188 Å². The van der Waals surface area contributed by atoms with Crippen LogP contribution in [0.15, 0.2) is 48.6 Å². The van der Waals surface area contributed by atoms with Crippen LogP contribution < -0.4 is 0 Å². The number of hydrogen-bond acceptors (Lipinski definition) is 11. The summed E-state index contributed by atoms with van der Waals surface area (Å²) in [5, 5.41) is 39.0. The number of rotatable bonds is 43. The summed E-state index contributed by atoms with van der Waals surface area (Å²) in [6, 6.07) is 0. The summed E-state index contributed by atoms with van der Waals surface area (Å²) < 4.78 is 32.6. The lowest BCUT2D eigenvalue weighted by molar-refractivity contribution is -0.161. The van der Waals surface area contributed by atoms with Crippen LogP contribution in [0.3, 0.4) is 0 Å². The fourth-order valence-electron chi connectivity index (χ4n) is 6.38. The SMILES string of the molecule is CC/C=C\C/C=C\C/C=C\C/C=C\C[C@H](O)[C@@H](O)CCCC(=O)OC[C@H](COP(=O)(O)OC[C@@H](O)CO)OC(=O)CCCCCCCCCCCCCCCCCCC(C)C. The second-order valence-corrected chi connectivity index (χ2v) is 18.0. The van der Waals surface area contributed by atoms with Gasteiger partial charge in [-0.25, -0.2) is 4.57 Å². The van der Waals surface area contributed by atoms with E-state index in [2.05, 4.69) is 55.7 Å². The molecule has 0 aromatic rings. The third-order valence-corrected chi connectivity index (χ3v) is 11.1. The second-order valence-electron chi connectivity index (χ2n) is 16.5. The molecule has 0 rings (SSSR count). The average molecular weight is 887 g/mol. The first-order chi connectivity index (χ1) is 29.4. The summed E-state index contributed by atoms with van der Waals surface area (Å²) in [4.78, 5) is 35.1. The summed E-state index contributed by atoms with van der Waals surface area (Å²) in [5.41, 5.74) is 0. The zero-order valence-electron chi connectivity index (χ0n) is 38.3. The van der Waals surface area contributed by atoms with E-state index in [0.29, 0.717) is 12.8 Å². The Hall–Kier alpha value is -2.15. The Labute approximate surface area is 369 Å². The maximum absolute atomic E-state index is 12.7. The fraction of sp³-hybridized carbons (Fsp3) is 0.792. The minimum Gasteiger partial charge on any atom is -0.462 e. The van der Waals surface area contributed by atoms with Crippen molar-refractivity contribution in [1.29, 1.82) is 0 Å². The maximum Gasteiger partial charge on any atom is 0.472 e. The van der Waals surface area contributed by atoms with E-state index in [-0.39, 0.29) is 32.1 Å². The zero-order valence-corrected chi connectivity index (χ0v) is 39.2. The van der Waals surface area contributed by atoms with Gasteiger partial charge in [-0.3, -0.25) is 18.6 Å². The van der Waals surface area contributed by atoms with Gasteiger partial charge in [-0.1, -0.05) is 172 Å². The monoisotopic (exact) mass is 887 g/mol. The van der Waals surface area contributed by atoms with Gasteiger partial charge >= 0.3 is 19.8 Å². The van der Waals surface area contributed by atoms with Crippen LogP contribution in [-0.4, -0.2) is 88.1 Å². The van der Waals surface area contributed by atoms with Gasteiger partial charge in [0, 0.05) is 12.8 Å². The molecule has 0 amide bonds. The summed E-state index contributed by atoms with van der Waals surface area (Å²) in [5.74, 6) is -0.387. The van der Waals surface area contributed by atoms with Gasteiger partial charge in [-0.15, -0.1) is 0 Å². The van der Waals surface area contributed by atoms with E-state index in [1.807, 2.05) is 18.2 Å². The summed E-state index contributed by atoms with van der Waals surface area (Å²) in [6.45, 7) is 4.29. The minimum atomic E-state index is -4.69. The van der Waals surface area contributed by atoms with Crippen molar-refractivity contribution in [3.05, 3.63) is 48.6 Å². The number of hydrogen-bond donors (Lipinski definition) is 5. The van der Waals surface area contributed by atoms with Crippen LogP contribution in [0.2, 0.25) is 0 Å². The van der Waals surface area contributed by atoms with Crippen LogP contribution in [0.4, 0.5) is 0 Å². The number of aliphatic hydroxyl groups is 4. The van der Waals surface area contributed by atoms with E-state index in [4.69, 9.17) is 19.1 Å².